The fraction of sp³-hybridized carbons (Fsp3) is 0.538. The van der Waals surface area contributed by atoms with Gasteiger partial charge in [-0.3, -0.25) is 0 Å². The SMILES string of the molecule is Cc1cc(F)c(Br)cc1NC1CC(C)N(C)C1. The number of likely N-dealkylation sites (N-methyl/N-ethyl adjacent to an activating group) is 1. The third-order valence-corrected chi connectivity index (χ3v) is 4.12. The lowest BCUT2D eigenvalue weighted by molar-refractivity contribution is 0.330. The predicted octanol–water partition coefficient (Wildman–Crippen LogP) is 3.40. The molecule has 0 spiro atoms. The molecule has 2 atom stereocenters. The van der Waals surface area contributed by atoms with E-state index in [1.54, 1.807) is 6.07 Å². The quantitative estimate of drug-likeness (QED) is 0.900. The molecule has 4 heteroatoms. The highest BCUT2D eigenvalue weighted by Gasteiger charge is 2.26. The first kappa shape index (κ1) is 12.8. The lowest BCUT2D eigenvalue weighted by atomic mass is 10.1. The molecule has 0 bridgehead atoms. The summed E-state index contributed by atoms with van der Waals surface area (Å²) in [6.07, 6.45) is 1.13. The van der Waals surface area contributed by atoms with Gasteiger partial charge in [0.15, 0.2) is 0 Å². The number of aryl methyl sites for hydroxylation is 1. The molecule has 94 valence electrons. The molecule has 0 amide bonds. The summed E-state index contributed by atoms with van der Waals surface area (Å²) in [5, 5.41) is 3.50. The Morgan fingerprint density at radius 2 is 2.18 bits per heavy atom. The van der Waals surface area contributed by atoms with Crippen LogP contribution in [0.4, 0.5) is 10.1 Å². The van der Waals surface area contributed by atoms with Crippen molar-refractivity contribution in [1.29, 1.82) is 0 Å². The molecule has 1 aliphatic heterocycles. The van der Waals surface area contributed by atoms with E-state index in [0.29, 0.717) is 16.6 Å². The van der Waals surface area contributed by atoms with E-state index >= 15 is 0 Å². The summed E-state index contributed by atoms with van der Waals surface area (Å²) in [5.41, 5.74) is 1.97. The van der Waals surface area contributed by atoms with Gasteiger partial charge in [0.25, 0.3) is 0 Å². The Balaban J connectivity index is 2.12. The van der Waals surface area contributed by atoms with Gasteiger partial charge in [-0.15, -0.1) is 0 Å². The van der Waals surface area contributed by atoms with E-state index in [0.717, 1.165) is 24.2 Å². The van der Waals surface area contributed by atoms with Crippen molar-refractivity contribution in [3.8, 4) is 0 Å². The zero-order valence-electron chi connectivity index (χ0n) is 10.4. The van der Waals surface area contributed by atoms with Gasteiger partial charge in [0.2, 0.25) is 0 Å². The van der Waals surface area contributed by atoms with Gasteiger partial charge in [-0.05, 0) is 60.9 Å². The molecule has 1 heterocycles. The van der Waals surface area contributed by atoms with Gasteiger partial charge in [0, 0.05) is 24.3 Å². The Labute approximate surface area is 110 Å². The zero-order valence-corrected chi connectivity index (χ0v) is 12.0. The minimum absolute atomic E-state index is 0.204. The van der Waals surface area contributed by atoms with Gasteiger partial charge in [0.05, 0.1) is 4.47 Å². The highest BCUT2D eigenvalue weighted by molar-refractivity contribution is 9.10. The van der Waals surface area contributed by atoms with Crippen LogP contribution in [0.1, 0.15) is 18.9 Å². The second-order valence-electron chi connectivity index (χ2n) is 4.95. The normalized spacial score (nSPS) is 25.2. The fourth-order valence-corrected chi connectivity index (χ4v) is 2.66. The maximum absolute atomic E-state index is 13.3. The van der Waals surface area contributed by atoms with Crippen molar-refractivity contribution in [3.05, 3.63) is 28.0 Å². The Morgan fingerprint density at radius 1 is 1.47 bits per heavy atom. The summed E-state index contributed by atoms with van der Waals surface area (Å²) < 4.78 is 13.8. The largest absolute Gasteiger partial charge is 0.381 e. The van der Waals surface area contributed by atoms with Gasteiger partial charge in [-0.2, -0.15) is 0 Å². The van der Waals surface area contributed by atoms with E-state index < -0.39 is 0 Å². The molecule has 2 unspecified atom stereocenters. The van der Waals surface area contributed by atoms with Crippen molar-refractivity contribution in [2.24, 2.45) is 0 Å². The first-order valence-electron chi connectivity index (χ1n) is 5.90. The van der Waals surface area contributed by atoms with Crippen LogP contribution in [-0.4, -0.2) is 30.6 Å². The van der Waals surface area contributed by atoms with Gasteiger partial charge < -0.3 is 10.2 Å². The van der Waals surface area contributed by atoms with Gasteiger partial charge in [-0.25, -0.2) is 4.39 Å². The average Bonchev–Trinajstić information content (AvgIpc) is 2.55. The first-order valence-corrected chi connectivity index (χ1v) is 6.69. The lowest BCUT2D eigenvalue weighted by Crippen LogP contribution is -2.25. The number of rotatable bonds is 2. The topological polar surface area (TPSA) is 15.3 Å². The minimum atomic E-state index is -0.204. The van der Waals surface area contributed by atoms with Crippen LogP contribution in [0.15, 0.2) is 16.6 Å². The van der Waals surface area contributed by atoms with E-state index in [9.17, 15) is 4.39 Å². The van der Waals surface area contributed by atoms with Crippen LogP contribution in [0.2, 0.25) is 0 Å². The third kappa shape index (κ3) is 2.80. The molecule has 0 aliphatic carbocycles. The van der Waals surface area contributed by atoms with Gasteiger partial charge in [-0.1, -0.05) is 0 Å². The summed E-state index contributed by atoms with van der Waals surface area (Å²) >= 11 is 3.23. The molecule has 2 nitrogen and oxygen atoms in total. The Hall–Kier alpha value is -0.610. The van der Waals surface area contributed by atoms with E-state index in [1.165, 1.54) is 0 Å². The van der Waals surface area contributed by atoms with Crippen LogP contribution >= 0.6 is 15.9 Å². The van der Waals surface area contributed by atoms with E-state index in [-0.39, 0.29) is 5.82 Å². The number of hydrogen-bond donors (Lipinski definition) is 1. The molecule has 1 N–H and O–H groups in total. The second-order valence-corrected chi connectivity index (χ2v) is 5.80. The van der Waals surface area contributed by atoms with Crippen LogP contribution in [0.25, 0.3) is 0 Å². The standard InChI is InChI=1S/C13H18BrFN2/c1-8-4-12(15)11(14)6-13(8)16-10-5-9(2)17(3)7-10/h4,6,9-10,16H,5,7H2,1-3H3. The second kappa shape index (κ2) is 4.94. The highest BCUT2D eigenvalue weighted by Crippen LogP contribution is 2.27. The molecule has 2 rings (SSSR count). The van der Waals surface area contributed by atoms with Crippen molar-refractivity contribution in [3.63, 3.8) is 0 Å². The molecule has 0 saturated carbocycles. The van der Waals surface area contributed by atoms with Crippen molar-refractivity contribution >= 4 is 21.6 Å². The number of hydrogen-bond acceptors (Lipinski definition) is 2. The predicted molar refractivity (Wildman–Crippen MR) is 73.0 cm³/mol. The molecule has 1 aromatic rings. The number of likely N-dealkylation sites (tertiary alicyclic amines) is 1. The number of nitrogens with one attached hydrogen (secondary N) is 1. The molecule has 1 aromatic carbocycles. The van der Waals surface area contributed by atoms with Crippen molar-refractivity contribution < 1.29 is 4.39 Å². The fourth-order valence-electron chi connectivity index (χ4n) is 2.32. The molecule has 1 saturated heterocycles. The first-order chi connectivity index (χ1) is 7.97. The summed E-state index contributed by atoms with van der Waals surface area (Å²) in [4.78, 5) is 2.34. The Bertz CT molecular complexity index is 412. The summed E-state index contributed by atoms with van der Waals surface area (Å²) in [6, 6.07) is 4.45. The number of nitrogens with zero attached hydrogens (tertiary/aromatic N) is 1. The molecule has 17 heavy (non-hydrogen) atoms. The molecule has 1 fully saturated rings. The van der Waals surface area contributed by atoms with Crippen molar-refractivity contribution in [2.75, 3.05) is 18.9 Å². The molecular formula is C13H18BrFN2. The van der Waals surface area contributed by atoms with Crippen LogP contribution in [0.5, 0.6) is 0 Å². The highest BCUT2D eigenvalue weighted by atomic mass is 79.9. The van der Waals surface area contributed by atoms with E-state index in [1.807, 2.05) is 13.0 Å². The van der Waals surface area contributed by atoms with Crippen LogP contribution in [0.3, 0.4) is 0 Å². The maximum atomic E-state index is 13.3. The summed E-state index contributed by atoms with van der Waals surface area (Å²) in [5.74, 6) is -0.204. The van der Waals surface area contributed by atoms with Crippen molar-refractivity contribution in [1.82, 2.24) is 4.90 Å². The Morgan fingerprint density at radius 3 is 2.76 bits per heavy atom. The smallest absolute Gasteiger partial charge is 0.137 e. The lowest BCUT2D eigenvalue weighted by Gasteiger charge is -2.16. The molecule has 0 radical (unpaired) electrons. The number of anilines is 1. The van der Waals surface area contributed by atoms with Crippen LogP contribution in [0, 0.1) is 12.7 Å². The summed E-state index contributed by atoms with van der Waals surface area (Å²) in [7, 11) is 2.14. The van der Waals surface area contributed by atoms with Crippen LogP contribution < -0.4 is 5.32 Å². The van der Waals surface area contributed by atoms with E-state index in [4.69, 9.17) is 0 Å². The minimum Gasteiger partial charge on any atom is -0.381 e. The third-order valence-electron chi connectivity index (χ3n) is 3.51. The number of halogens is 2. The average molecular weight is 301 g/mol. The monoisotopic (exact) mass is 300 g/mol. The Kier molecular flexibility index (Phi) is 3.73. The van der Waals surface area contributed by atoms with E-state index in [2.05, 4.69) is 40.1 Å². The van der Waals surface area contributed by atoms with Gasteiger partial charge in [0.1, 0.15) is 5.82 Å². The molecule has 1 aliphatic rings. The number of benzene rings is 1. The zero-order chi connectivity index (χ0) is 12.6. The maximum Gasteiger partial charge on any atom is 0.137 e. The molecular weight excluding hydrogens is 283 g/mol. The summed E-state index contributed by atoms with van der Waals surface area (Å²) in [6.45, 7) is 5.20. The molecule has 0 aromatic heterocycles. The van der Waals surface area contributed by atoms with Gasteiger partial charge >= 0.3 is 0 Å². The van der Waals surface area contributed by atoms with Crippen molar-refractivity contribution in [2.45, 2.75) is 32.4 Å². The van der Waals surface area contributed by atoms with Crippen LogP contribution in [-0.2, 0) is 0 Å².